The minimum absolute atomic E-state index is 0.0708. The van der Waals surface area contributed by atoms with Crippen molar-refractivity contribution in [2.24, 2.45) is 0 Å². The first-order valence-electron chi connectivity index (χ1n) is 12.2. The first-order valence-corrected chi connectivity index (χ1v) is 13.7. The van der Waals surface area contributed by atoms with Gasteiger partial charge < -0.3 is 30.8 Å². The fourth-order valence-electron chi connectivity index (χ4n) is 3.88. The number of sulfonamides is 1. The summed E-state index contributed by atoms with van der Waals surface area (Å²) in [6.45, 7) is 2.89. The molecule has 12 nitrogen and oxygen atoms in total. The second kappa shape index (κ2) is 12.3. The van der Waals surface area contributed by atoms with Crippen LogP contribution in [0.2, 0.25) is 0 Å². The minimum Gasteiger partial charge on any atom is -0.478 e. The number of amides is 2. The standard InChI is InChI=1S/C28H27N5O7S/c1-17(34)30-20-7-9-21(10-8-20)32-26-14-25(29-15-19-11-12-40-16-19)22(28(36)37)13-27(26)41(38,39)33-24-6-4-3-5-23(24)31-18(2)35/h3-14,16,29,32-33H,15H2,1-2H3,(H,30,34)(H,31,35)(H,36,37). The molecule has 0 saturated carbocycles. The van der Waals surface area contributed by atoms with Crippen LogP contribution in [0.1, 0.15) is 29.8 Å². The number of nitrogens with one attached hydrogen (secondary N) is 5. The molecule has 0 aliphatic rings. The number of rotatable bonds is 11. The van der Waals surface area contributed by atoms with Crippen molar-refractivity contribution >= 4 is 61.9 Å². The zero-order chi connectivity index (χ0) is 29.6. The summed E-state index contributed by atoms with van der Waals surface area (Å²) in [5.41, 5.74) is 2.02. The van der Waals surface area contributed by atoms with Gasteiger partial charge in [0.1, 0.15) is 4.90 Å². The van der Waals surface area contributed by atoms with E-state index in [1.807, 2.05) is 0 Å². The van der Waals surface area contributed by atoms with Crippen LogP contribution in [0.4, 0.5) is 34.1 Å². The van der Waals surface area contributed by atoms with Crippen molar-refractivity contribution in [3.63, 3.8) is 0 Å². The summed E-state index contributed by atoms with van der Waals surface area (Å²) in [5.74, 6) is -1.99. The van der Waals surface area contributed by atoms with Crippen LogP contribution in [0.3, 0.4) is 0 Å². The minimum atomic E-state index is -4.40. The molecule has 13 heteroatoms. The molecule has 0 spiro atoms. The lowest BCUT2D eigenvalue weighted by molar-refractivity contribution is -0.115. The zero-order valence-electron chi connectivity index (χ0n) is 22.0. The molecule has 0 saturated heterocycles. The molecule has 41 heavy (non-hydrogen) atoms. The average Bonchev–Trinajstić information content (AvgIpc) is 3.42. The van der Waals surface area contributed by atoms with Crippen LogP contribution in [0.15, 0.2) is 88.6 Å². The number of hydrogen-bond donors (Lipinski definition) is 6. The molecule has 0 atom stereocenters. The molecule has 212 valence electrons. The zero-order valence-corrected chi connectivity index (χ0v) is 22.8. The molecule has 2 amide bonds. The largest absolute Gasteiger partial charge is 0.478 e. The van der Waals surface area contributed by atoms with E-state index in [2.05, 4.69) is 26.0 Å². The molecular weight excluding hydrogens is 550 g/mol. The number of hydrogen-bond acceptors (Lipinski definition) is 8. The Morgan fingerprint density at radius 3 is 2.07 bits per heavy atom. The van der Waals surface area contributed by atoms with Gasteiger partial charge in [-0.1, -0.05) is 12.1 Å². The van der Waals surface area contributed by atoms with Crippen molar-refractivity contribution in [2.45, 2.75) is 25.3 Å². The van der Waals surface area contributed by atoms with Gasteiger partial charge in [-0.25, -0.2) is 13.2 Å². The Hall–Kier alpha value is -5.30. The highest BCUT2D eigenvalue weighted by Gasteiger charge is 2.25. The van der Waals surface area contributed by atoms with Gasteiger partial charge in [-0.3, -0.25) is 14.3 Å². The van der Waals surface area contributed by atoms with E-state index in [1.165, 1.54) is 44.6 Å². The Bertz CT molecular complexity index is 1690. The van der Waals surface area contributed by atoms with Gasteiger partial charge >= 0.3 is 5.97 Å². The lowest BCUT2D eigenvalue weighted by atomic mass is 10.1. The van der Waals surface area contributed by atoms with Gasteiger partial charge in [-0.15, -0.1) is 0 Å². The van der Waals surface area contributed by atoms with Crippen molar-refractivity contribution < 1.29 is 32.3 Å². The average molecular weight is 578 g/mol. The van der Waals surface area contributed by atoms with Crippen LogP contribution in [0.25, 0.3) is 0 Å². The number of carbonyl (C=O) groups excluding carboxylic acids is 2. The maximum Gasteiger partial charge on any atom is 0.337 e. The molecule has 3 aromatic carbocycles. The van der Waals surface area contributed by atoms with Gasteiger partial charge in [0.2, 0.25) is 11.8 Å². The number of carboxylic acid groups (broad SMARTS) is 1. The van der Waals surface area contributed by atoms with E-state index in [-0.39, 0.29) is 45.7 Å². The summed E-state index contributed by atoms with van der Waals surface area (Å²) in [5, 5.41) is 21.2. The van der Waals surface area contributed by atoms with Gasteiger partial charge in [0, 0.05) is 37.3 Å². The first kappa shape index (κ1) is 28.7. The SMILES string of the molecule is CC(=O)Nc1ccc(Nc2cc(NCc3ccoc3)c(C(=O)O)cc2S(=O)(=O)Nc2ccccc2NC(C)=O)cc1. The second-order valence-corrected chi connectivity index (χ2v) is 10.6. The van der Waals surface area contributed by atoms with Gasteiger partial charge in [-0.2, -0.15) is 0 Å². The van der Waals surface area contributed by atoms with Crippen molar-refractivity contribution in [1.29, 1.82) is 0 Å². The summed E-state index contributed by atoms with van der Waals surface area (Å²) in [4.78, 5) is 34.9. The van der Waals surface area contributed by atoms with Gasteiger partial charge in [0.15, 0.2) is 0 Å². The third-order valence-electron chi connectivity index (χ3n) is 5.67. The van der Waals surface area contributed by atoms with E-state index in [1.54, 1.807) is 42.5 Å². The fourth-order valence-corrected chi connectivity index (χ4v) is 5.13. The summed E-state index contributed by atoms with van der Waals surface area (Å²) in [6, 6.07) is 16.9. The van der Waals surface area contributed by atoms with Crippen LogP contribution in [0.5, 0.6) is 0 Å². The predicted octanol–water partition coefficient (Wildman–Crippen LogP) is 5.05. The maximum absolute atomic E-state index is 13.7. The molecule has 6 N–H and O–H groups in total. The Kier molecular flexibility index (Phi) is 8.58. The third kappa shape index (κ3) is 7.42. The number of carbonyl (C=O) groups is 3. The third-order valence-corrected chi connectivity index (χ3v) is 7.07. The quantitative estimate of drug-likeness (QED) is 0.142. The van der Waals surface area contributed by atoms with Gasteiger partial charge in [-0.05, 0) is 54.6 Å². The predicted molar refractivity (Wildman–Crippen MR) is 155 cm³/mol. The number of carboxylic acids is 1. The lowest BCUT2D eigenvalue weighted by Gasteiger charge is -2.19. The van der Waals surface area contributed by atoms with Crippen molar-refractivity contribution in [3.8, 4) is 0 Å². The molecule has 1 aromatic heterocycles. The van der Waals surface area contributed by atoms with Crippen LogP contribution in [-0.4, -0.2) is 31.3 Å². The van der Waals surface area contributed by atoms with Gasteiger partial charge in [0.25, 0.3) is 10.0 Å². The topological polar surface area (TPSA) is 179 Å². The van der Waals surface area contributed by atoms with Crippen molar-refractivity contribution in [3.05, 3.63) is 90.4 Å². The van der Waals surface area contributed by atoms with Crippen LogP contribution in [0, 0.1) is 0 Å². The number of para-hydroxylation sites is 2. The first-order chi connectivity index (χ1) is 19.5. The van der Waals surface area contributed by atoms with Crippen molar-refractivity contribution in [2.75, 3.05) is 26.0 Å². The molecule has 0 radical (unpaired) electrons. The summed E-state index contributed by atoms with van der Waals surface area (Å²) >= 11 is 0. The number of aromatic carboxylic acids is 1. The van der Waals surface area contributed by atoms with E-state index in [4.69, 9.17) is 4.42 Å². The molecule has 0 fully saturated rings. The fraction of sp³-hybridized carbons (Fsp3) is 0.107. The number of anilines is 6. The highest BCUT2D eigenvalue weighted by atomic mass is 32.2. The molecule has 0 aliphatic heterocycles. The number of furan rings is 1. The van der Waals surface area contributed by atoms with E-state index in [0.717, 1.165) is 11.6 Å². The molecule has 0 bridgehead atoms. The van der Waals surface area contributed by atoms with Crippen LogP contribution in [-0.2, 0) is 26.2 Å². The molecule has 0 aliphatic carbocycles. The van der Waals surface area contributed by atoms with Crippen molar-refractivity contribution in [1.82, 2.24) is 0 Å². The summed E-state index contributed by atoms with van der Waals surface area (Å²) < 4.78 is 35.0. The number of benzene rings is 3. The van der Waals surface area contributed by atoms with E-state index < -0.39 is 21.9 Å². The Labute approximate surface area is 235 Å². The van der Waals surface area contributed by atoms with E-state index in [0.29, 0.717) is 11.4 Å². The molecule has 1 heterocycles. The second-order valence-electron chi connectivity index (χ2n) is 8.90. The molecular formula is C28H27N5O7S. The Balaban J connectivity index is 1.78. The normalized spacial score (nSPS) is 10.9. The van der Waals surface area contributed by atoms with Crippen LogP contribution >= 0.6 is 0 Å². The Morgan fingerprint density at radius 1 is 0.805 bits per heavy atom. The lowest BCUT2D eigenvalue weighted by Crippen LogP contribution is -2.18. The highest BCUT2D eigenvalue weighted by molar-refractivity contribution is 7.93. The molecule has 0 unspecified atom stereocenters. The molecule has 4 aromatic rings. The van der Waals surface area contributed by atoms with E-state index in [9.17, 15) is 27.9 Å². The smallest absolute Gasteiger partial charge is 0.337 e. The van der Waals surface area contributed by atoms with Gasteiger partial charge in [0.05, 0.1) is 40.8 Å². The summed E-state index contributed by atoms with van der Waals surface area (Å²) in [7, 11) is -4.40. The van der Waals surface area contributed by atoms with Crippen LogP contribution < -0.4 is 26.0 Å². The maximum atomic E-state index is 13.7. The monoisotopic (exact) mass is 577 g/mol. The highest BCUT2D eigenvalue weighted by Crippen LogP contribution is 2.34. The van der Waals surface area contributed by atoms with E-state index >= 15 is 0 Å². The summed E-state index contributed by atoms with van der Waals surface area (Å²) in [6.07, 6.45) is 2.98. The Morgan fingerprint density at radius 2 is 1.46 bits per heavy atom. The molecule has 4 rings (SSSR count).